The Balaban J connectivity index is 2.12. The van der Waals surface area contributed by atoms with Crippen molar-refractivity contribution in [3.05, 3.63) is 42.2 Å². The number of sulfonamides is 1. The average Bonchev–Trinajstić information content (AvgIpc) is 2.91. The van der Waals surface area contributed by atoms with Gasteiger partial charge in [-0.25, -0.2) is 18.1 Å². The van der Waals surface area contributed by atoms with Crippen LogP contribution in [-0.2, 0) is 16.4 Å². The molecule has 2 heterocycles. The molecular formula is C11H13N5O2S2. The topological polar surface area (TPSA) is 114 Å². The number of hydrogen-bond donors (Lipinski definition) is 3. The SMILES string of the molecule is NC(=S)c1ncccc1S(=O)(=O)NCCc1ncc[nH]1. The monoisotopic (exact) mass is 311 g/mol. The molecule has 4 N–H and O–H groups in total. The molecule has 0 aliphatic rings. The summed E-state index contributed by atoms with van der Waals surface area (Å²) in [6.45, 7) is 0.210. The zero-order valence-electron chi connectivity index (χ0n) is 10.4. The smallest absolute Gasteiger partial charge is 0.242 e. The molecule has 2 aromatic heterocycles. The van der Waals surface area contributed by atoms with Crippen molar-refractivity contribution >= 4 is 27.2 Å². The van der Waals surface area contributed by atoms with Crippen LogP contribution in [0.3, 0.4) is 0 Å². The summed E-state index contributed by atoms with van der Waals surface area (Å²) in [5, 5.41) is 0. The zero-order chi connectivity index (χ0) is 14.6. The molecule has 0 amide bonds. The number of nitrogens with two attached hydrogens (primary N) is 1. The molecule has 0 aliphatic heterocycles. The largest absolute Gasteiger partial charge is 0.388 e. The van der Waals surface area contributed by atoms with Crippen LogP contribution in [0.5, 0.6) is 0 Å². The molecule has 0 radical (unpaired) electrons. The van der Waals surface area contributed by atoms with E-state index >= 15 is 0 Å². The summed E-state index contributed by atoms with van der Waals surface area (Å²) in [5.41, 5.74) is 5.57. The van der Waals surface area contributed by atoms with Crippen molar-refractivity contribution in [1.82, 2.24) is 19.7 Å². The zero-order valence-corrected chi connectivity index (χ0v) is 12.0. The quantitative estimate of drug-likeness (QED) is 0.645. The summed E-state index contributed by atoms with van der Waals surface area (Å²) in [6.07, 6.45) is 5.18. The van der Waals surface area contributed by atoms with Crippen LogP contribution in [0, 0.1) is 0 Å². The van der Waals surface area contributed by atoms with Gasteiger partial charge in [0, 0.05) is 31.6 Å². The van der Waals surface area contributed by atoms with Crippen LogP contribution in [0.15, 0.2) is 35.6 Å². The second kappa shape index (κ2) is 6.07. The average molecular weight is 311 g/mol. The third kappa shape index (κ3) is 3.38. The van der Waals surface area contributed by atoms with E-state index in [2.05, 4.69) is 19.7 Å². The molecule has 0 atom stereocenters. The second-order valence-electron chi connectivity index (χ2n) is 3.90. The molecule has 2 aromatic rings. The van der Waals surface area contributed by atoms with E-state index in [0.717, 1.165) is 0 Å². The fourth-order valence-corrected chi connectivity index (χ4v) is 3.04. The Morgan fingerprint density at radius 2 is 2.20 bits per heavy atom. The molecule has 0 unspecified atom stereocenters. The number of aromatic amines is 1. The Labute approximate surface area is 121 Å². The van der Waals surface area contributed by atoms with Gasteiger partial charge >= 0.3 is 0 Å². The van der Waals surface area contributed by atoms with E-state index in [-0.39, 0.29) is 22.1 Å². The van der Waals surface area contributed by atoms with Crippen molar-refractivity contribution in [3.8, 4) is 0 Å². The van der Waals surface area contributed by atoms with E-state index in [0.29, 0.717) is 12.2 Å². The highest BCUT2D eigenvalue weighted by atomic mass is 32.2. The van der Waals surface area contributed by atoms with Gasteiger partial charge in [0.05, 0.1) is 0 Å². The van der Waals surface area contributed by atoms with Gasteiger partial charge in [0.2, 0.25) is 10.0 Å². The van der Waals surface area contributed by atoms with Crippen LogP contribution in [0.1, 0.15) is 11.5 Å². The number of hydrogen-bond acceptors (Lipinski definition) is 5. The second-order valence-corrected chi connectivity index (χ2v) is 6.07. The molecule has 0 saturated carbocycles. The highest BCUT2D eigenvalue weighted by Gasteiger charge is 2.20. The molecule has 0 spiro atoms. The van der Waals surface area contributed by atoms with Gasteiger partial charge in [-0.3, -0.25) is 4.98 Å². The molecule has 0 saturated heterocycles. The van der Waals surface area contributed by atoms with Crippen LogP contribution >= 0.6 is 12.2 Å². The van der Waals surface area contributed by atoms with Crippen molar-refractivity contribution in [2.24, 2.45) is 5.73 Å². The van der Waals surface area contributed by atoms with Crippen molar-refractivity contribution in [3.63, 3.8) is 0 Å². The van der Waals surface area contributed by atoms with Gasteiger partial charge in [0.1, 0.15) is 21.4 Å². The number of nitrogens with one attached hydrogen (secondary N) is 2. The molecule has 0 bridgehead atoms. The Bertz CT molecular complexity index is 697. The van der Waals surface area contributed by atoms with E-state index in [9.17, 15) is 8.42 Å². The Kier molecular flexibility index (Phi) is 4.42. The van der Waals surface area contributed by atoms with Crippen molar-refractivity contribution < 1.29 is 8.42 Å². The minimum Gasteiger partial charge on any atom is -0.388 e. The standard InChI is InChI=1S/C11H13N5O2S2/c12-11(19)10-8(2-1-4-15-10)20(17,18)16-5-3-9-13-6-7-14-9/h1-2,4,6-7,16H,3,5H2,(H2,12,19)(H,13,14). The van der Waals surface area contributed by atoms with Crippen LogP contribution < -0.4 is 10.5 Å². The molecule has 7 nitrogen and oxygen atoms in total. The highest BCUT2D eigenvalue weighted by molar-refractivity contribution is 7.89. The van der Waals surface area contributed by atoms with Crippen LogP contribution in [0.25, 0.3) is 0 Å². The Morgan fingerprint density at radius 1 is 1.40 bits per heavy atom. The van der Waals surface area contributed by atoms with Crippen LogP contribution in [-0.4, -0.2) is 34.9 Å². The number of rotatable bonds is 6. The summed E-state index contributed by atoms with van der Waals surface area (Å²) in [6, 6.07) is 2.93. The van der Waals surface area contributed by atoms with Crippen LogP contribution in [0.4, 0.5) is 0 Å². The van der Waals surface area contributed by atoms with Gasteiger partial charge in [-0.15, -0.1) is 0 Å². The summed E-state index contributed by atoms with van der Waals surface area (Å²) in [7, 11) is -3.71. The van der Waals surface area contributed by atoms with Gasteiger partial charge < -0.3 is 10.7 Å². The van der Waals surface area contributed by atoms with Crippen molar-refractivity contribution in [2.45, 2.75) is 11.3 Å². The van der Waals surface area contributed by atoms with Crippen molar-refractivity contribution in [1.29, 1.82) is 0 Å². The minimum atomic E-state index is -3.71. The molecule has 0 fully saturated rings. The van der Waals surface area contributed by atoms with Crippen molar-refractivity contribution in [2.75, 3.05) is 6.54 Å². The fourth-order valence-electron chi connectivity index (χ4n) is 1.61. The lowest BCUT2D eigenvalue weighted by atomic mass is 10.3. The number of pyridine rings is 1. The van der Waals surface area contributed by atoms with Gasteiger partial charge in [0.25, 0.3) is 0 Å². The summed E-state index contributed by atoms with van der Waals surface area (Å²) in [5.74, 6) is 0.702. The fraction of sp³-hybridized carbons (Fsp3) is 0.182. The summed E-state index contributed by atoms with van der Waals surface area (Å²) in [4.78, 5) is 10.7. The minimum absolute atomic E-state index is 0.0213. The Morgan fingerprint density at radius 3 is 2.85 bits per heavy atom. The highest BCUT2D eigenvalue weighted by Crippen LogP contribution is 2.12. The van der Waals surface area contributed by atoms with Gasteiger partial charge in [-0.2, -0.15) is 0 Å². The van der Waals surface area contributed by atoms with E-state index in [1.165, 1.54) is 18.3 Å². The molecule has 106 valence electrons. The third-order valence-electron chi connectivity index (χ3n) is 2.50. The first-order valence-corrected chi connectivity index (χ1v) is 7.62. The van der Waals surface area contributed by atoms with E-state index in [1.807, 2.05) is 0 Å². The molecule has 0 aromatic carbocycles. The lowest BCUT2D eigenvalue weighted by Gasteiger charge is -2.09. The molecule has 9 heteroatoms. The number of H-pyrrole nitrogens is 1. The number of aromatic nitrogens is 3. The first-order chi connectivity index (χ1) is 9.50. The van der Waals surface area contributed by atoms with E-state index < -0.39 is 10.0 Å². The first-order valence-electron chi connectivity index (χ1n) is 5.73. The normalized spacial score (nSPS) is 11.4. The first kappa shape index (κ1) is 14.6. The summed E-state index contributed by atoms with van der Waals surface area (Å²) < 4.78 is 26.8. The van der Waals surface area contributed by atoms with Gasteiger partial charge in [-0.05, 0) is 12.1 Å². The van der Waals surface area contributed by atoms with Crippen LogP contribution in [0.2, 0.25) is 0 Å². The summed E-state index contributed by atoms with van der Waals surface area (Å²) >= 11 is 4.80. The van der Waals surface area contributed by atoms with E-state index in [1.54, 1.807) is 12.4 Å². The molecule has 0 aliphatic carbocycles. The lowest BCUT2D eigenvalue weighted by Crippen LogP contribution is -2.29. The van der Waals surface area contributed by atoms with Gasteiger partial charge in [-0.1, -0.05) is 12.2 Å². The molecular weight excluding hydrogens is 298 g/mol. The maximum absolute atomic E-state index is 12.2. The third-order valence-corrected chi connectivity index (χ3v) is 4.19. The maximum Gasteiger partial charge on any atom is 0.242 e. The predicted molar refractivity (Wildman–Crippen MR) is 77.6 cm³/mol. The Hall–Kier alpha value is -1.84. The number of imidazole rings is 1. The van der Waals surface area contributed by atoms with Gasteiger partial charge in [0.15, 0.2) is 0 Å². The number of nitrogens with zero attached hydrogens (tertiary/aromatic N) is 2. The van der Waals surface area contributed by atoms with E-state index in [4.69, 9.17) is 18.0 Å². The molecule has 2 rings (SSSR count). The predicted octanol–water partition coefficient (Wildman–Crippen LogP) is -0.0401. The lowest BCUT2D eigenvalue weighted by molar-refractivity contribution is 0.580. The number of thiocarbonyl (C=S) groups is 1. The molecule has 20 heavy (non-hydrogen) atoms. The maximum atomic E-state index is 12.2.